The quantitative estimate of drug-likeness (QED) is 0.484. The molecule has 5 heteroatoms. The van der Waals surface area contributed by atoms with Crippen molar-refractivity contribution in [1.82, 2.24) is 10.6 Å². The molecule has 0 unspecified atom stereocenters. The summed E-state index contributed by atoms with van der Waals surface area (Å²) in [6, 6.07) is 0.519. The zero-order valence-corrected chi connectivity index (χ0v) is 13.9. The molecule has 0 saturated heterocycles. The van der Waals surface area contributed by atoms with E-state index in [1.165, 1.54) is 0 Å². The molecule has 0 spiro atoms. The van der Waals surface area contributed by atoms with E-state index in [0.717, 1.165) is 25.8 Å². The number of nitrogens with one attached hydrogen (secondary N) is 2. The van der Waals surface area contributed by atoms with Crippen LogP contribution < -0.4 is 10.6 Å². The van der Waals surface area contributed by atoms with Crippen molar-refractivity contribution in [1.29, 1.82) is 0 Å². The lowest BCUT2D eigenvalue weighted by Crippen LogP contribution is -2.34. The number of carboxylic acids is 1. The minimum atomic E-state index is -0.842. The summed E-state index contributed by atoms with van der Waals surface area (Å²) in [6.45, 7) is 9.87. The third-order valence-electron chi connectivity index (χ3n) is 3.52. The van der Waals surface area contributed by atoms with Gasteiger partial charge in [-0.1, -0.05) is 34.1 Å². The van der Waals surface area contributed by atoms with Crippen LogP contribution in [0, 0.1) is 11.8 Å². The Balaban J connectivity index is 3.80. The van der Waals surface area contributed by atoms with E-state index in [9.17, 15) is 9.59 Å². The second kappa shape index (κ2) is 11.5. The maximum atomic E-state index is 12.1. The molecule has 21 heavy (non-hydrogen) atoms. The van der Waals surface area contributed by atoms with Gasteiger partial charge >= 0.3 is 5.97 Å². The Morgan fingerprint density at radius 1 is 1.00 bits per heavy atom. The van der Waals surface area contributed by atoms with Crippen LogP contribution in [0.5, 0.6) is 0 Å². The van der Waals surface area contributed by atoms with Crippen molar-refractivity contribution < 1.29 is 14.7 Å². The fraction of sp³-hybridized carbons (Fsp3) is 0.875. The van der Waals surface area contributed by atoms with E-state index in [-0.39, 0.29) is 24.2 Å². The van der Waals surface area contributed by atoms with Gasteiger partial charge in [-0.25, -0.2) is 0 Å². The first-order valence-corrected chi connectivity index (χ1v) is 8.07. The van der Waals surface area contributed by atoms with Crippen LogP contribution in [0.15, 0.2) is 0 Å². The molecule has 0 aliphatic rings. The van der Waals surface area contributed by atoms with Gasteiger partial charge in [0.1, 0.15) is 0 Å². The van der Waals surface area contributed by atoms with Gasteiger partial charge in [0.15, 0.2) is 0 Å². The molecular weight excluding hydrogens is 268 g/mol. The zero-order valence-electron chi connectivity index (χ0n) is 13.9. The van der Waals surface area contributed by atoms with E-state index >= 15 is 0 Å². The van der Waals surface area contributed by atoms with E-state index < -0.39 is 5.97 Å². The number of aliphatic carboxylic acids is 1. The maximum absolute atomic E-state index is 12.1. The number of unbranched alkanes of at least 4 members (excludes halogenated alkanes) is 2. The molecule has 124 valence electrons. The van der Waals surface area contributed by atoms with Crippen LogP contribution in [0.1, 0.15) is 59.8 Å². The van der Waals surface area contributed by atoms with Crippen LogP contribution in [0.3, 0.4) is 0 Å². The lowest BCUT2D eigenvalue weighted by atomic mass is 9.90. The smallest absolute Gasteiger partial charge is 0.303 e. The van der Waals surface area contributed by atoms with Crippen LogP contribution in [0.2, 0.25) is 0 Å². The average molecular weight is 300 g/mol. The Morgan fingerprint density at radius 2 is 1.62 bits per heavy atom. The van der Waals surface area contributed by atoms with Gasteiger partial charge in [-0.05, 0) is 31.7 Å². The first-order valence-electron chi connectivity index (χ1n) is 8.07. The molecule has 0 saturated carbocycles. The van der Waals surface area contributed by atoms with Crippen molar-refractivity contribution in [2.45, 2.75) is 65.8 Å². The fourth-order valence-electron chi connectivity index (χ4n) is 2.21. The Hall–Kier alpha value is -1.10. The maximum Gasteiger partial charge on any atom is 0.303 e. The largest absolute Gasteiger partial charge is 0.481 e. The highest BCUT2D eigenvalue weighted by atomic mass is 16.4. The summed E-state index contributed by atoms with van der Waals surface area (Å²) >= 11 is 0. The number of rotatable bonds is 12. The van der Waals surface area contributed by atoms with E-state index in [4.69, 9.17) is 5.11 Å². The van der Waals surface area contributed by atoms with Crippen LogP contribution in [0.25, 0.3) is 0 Å². The van der Waals surface area contributed by atoms with Gasteiger partial charge < -0.3 is 15.7 Å². The van der Waals surface area contributed by atoms with Gasteiger partial charge in [-0.3, -0.25) is 9.59 Å². The standard InChI is InChI=1S/C16H32N2O3/c1-12(2)14(8-9-15(19)20)16(21)18-11-7-5-6-10-17-13(3)4/h12-14,17H,5-11H2,1-4H3,(H,18,21)(H,19,20)/t14-/m0/s1. The van der Waals surface area contributed by atoms with Crippen LogP contribution in [0.4, 0.5) is 0 Å². The number of carbonyl (C=O) groups excluding carboxylic acids is 1. The summed E-state index contributed by atoms with van der Waals surface area (Å²) in [5.74, 6) is -0.888. The van der Waals surface area contributed by atoms with Gasteiger partial charge in [-0.2, -0.15) is 0 Å². The summed E-state index contributed by atoms with van der Waals surface area (Å²) in [7, 11) is 0. The number of hydrogen-bond donors (Lipinski definition) is 3. The number of hydrogen-bond acceptors (Lipinski definition) is 3. The van der Waals surface area contributed by atoms with Crippen molar-refractivity contribution in [3.63, 3.8) is 0 Å². The Kier molecular flexibility index (Phi) is 10.9. The zero-order chi connectivity index (χ0) is 16.3. The minimum absolute atomic E-state index is 0.00782. The molecule has 1 amide bonds. The van der Waals surface area contributed by atoms with Crippen molar-refractivity contribution >= 4 is 11.9 Å². The fourth-order valence-corrected chi connectivity index (χ4v) is 2.21. The molecule has 0 aromatic heterocycles. The molecule has 0 heterocycles. The highest BCUT2D eigenvalue weighted by Gasteiger charge is 2.22. The van der Waals surface area contributed by atoms with Crippen LogP contribution in [-0.2, 0) is 9.59 Å². The lowest BCUT2D eigenvalue weighted by molar-refractivity contribution is -0.137. The molecule has 0 aliphatic carbocycles. The molecule has 0 bridgehead atoms. The van der Waals surface area contributed by atoms with Crippen molar-refractivity contribution in [2.75, 3.05) is 13.1 Å². The van der Waals surface area contributed by atoms with E-state index in [0.29, 0.717) is 19.0 Å². The third-order valence-corrected chi connectivity index (χ3v) is 3.52. The molecule has 0 aliphatic heterocycles. The molecule has 0 rings (SSSR count). The summed E-state index contributed by atoms with van der Waals surface area (Å²) in [6.07, 6.45) is 3.63. The topological polar surface area (TPSA) is 78.4 Å². The normalized spacial score (nSPS) is 12.7. The van der Waals surface area contributed by atoms with Gasteiger partial charge in [0, 0.05) is 24.9 Å². The van der Waals surface area contributed by atoms with Crippen molar-refractivity contribution in [3.8, 4) is 0 Å². The first kappa shape index (κ1) is 19.9. The van der Waals surface area contributed by atoms with Crippen LogP contribution in [-0.4, -0.2) is 36.1 Å². The molecule has 0 radical (unpaired) electrons. The predicted molar refractivity (Wildman–Crippen MR) is 85.2 cm³/mol. The lowest BCUT2D eigenvalue weighted by Gasteiger charge is -2.19. The van der Waals surface area contributed by atoms with E-state index in [1.807, 2.05) is 13.8 Å². The second-order valence-electron chi connectivity index (χ2n) is 6.24. The highest BCUT2D eigenvalue weighted by Crippen LogP contribution is 2.17. The van der Waals surface area contributed by atoms with Crippen molar-refractivity contribution in [2.24, 2.45) is 11.8 Å². The summed E-state index contributed by atoms with van der Waals surface area (Å²) in [5.41, 5.74) is 0. The Bertz CT molecular complexity index is 304. The number of amides is 1. The summed E-state index contributed by atoms with van der Waals surface area (Å²) in [4.78, 5) is 22.7. The molecule has 0 aromatic rings. The van der Waals surface area contributed by atoms with Gasteiger partial charge in [0.05, 0.1) is 0 Å². The molecule has 0 fully saturated rings. The molecule has 0 aromatic carbocycles. The molecule has 1 atom stereocenters. The van der Waals surface area contributed by atoms with Gasteiger partial charge in [-0.15, -0.1) is 0 Å². The molecular formula is C16H32N2O3. The number of carbonyl (C=O) groups is 2. The predicted octanol–water partition coefficient (Wildman–Crippen LogP) is 2.41. The van der Waals surface area contributed by atoms with Gasteiger partial charge in [0.2, 0.25) is 5.91 Å². The van der Waals surface area contributed by atoms with Crippen molar-refractivity contribution in [3.05, 3.63) is 0 Å². The second-order valence-corrected chi connectivity index (χ2v) is 6.24. The monoisotopic (exact) mass is 300 g/mol. The summed E-state index contributed by atoms with van der Waals surface area (Å²) in [5, 5.41) is 15.0. The SMILES string of the molecule is CC(C)NCCCCCNC(=O)[C@@H](CCC(=O)O)C(C)C. The third kappa shape index (κ3) is 11.3. The summed E-state index contributed by atoms with van der Waals surface area (Å²) < 4.78 is 0. The number of carboxylic acid groups (broad SMARTS) is 1. The average Bonchev–Trinajstić information content (AvgIpc) is 2.36. The van der Waals surface area contributed by atoms with Crippen LogP contribution >= 0.6 is 0 Å². The first-order chi connectivity index (χ1) is 9.84. The van der Waals surface area contributed by atoms with Gasteiger partial charge in [0.25, 0.3) is 0 Å². The van der Waals surface area contributed by atoms with E-state index in [2.05, 4.69) is 24.5 Å². The Morgan fingerprint density at radius 3 is 2.14 bits per heavy atom. The highest BCUT2D eigenvalue weighted by molar-refractivity contribution is 5.79. The molecule has 5 nitrogen and oxygen atoms in total. The Labute approximate surface area is 128 Å². The minimum Gasteiger partial charge on any atom is -0.481 e. The molecule has 3 N–H and O–H groups in total. The van der Waals surface area contributed by atoms with E-state index in [1.54, 1.807) is 0 Å².